The SMILES string of the molecule is Cc1cc(CN=C(N)C=N)oc1C. The number of amidine groups is 1. The number of hydrogen-bond acceptors (Lipinski definition) is 3. The van der Waals surface area contributed by atoms with Crippen LogP contribution in [0.2, 0.25) is 0 Å². The highest BCUT2D eigenvalue weighted by atomic mass is 16.3. The van der Waals surface area contributed by atoms with Gasteiger partial charge >= 0.3 is 0 Å². The fourth-order valence-electron chi connectivity index (χ4n) is 0.942. The summed E-state index contributed by atoms with van der Waals surface area (Å²) < 4.78 is 5.37. The van der Waals surface area contributed by atoms with E-state index in [0.29, 0.717) is 6.54 Å². The van der Waals surface area contributed by atoms with E-state index in [4.69, 9.17) is 15.6 Å². The molecule has 0 saturated heterocycles. The van der Waals surface area contributed by atoms with Crippen molar-refractivity contribution in [1.29, 1.82) is 5.41 Å². The van der Waals surface area contributed by atoms with Crippen molar-refractivity contribution in [1.82, 2.24) is 0 Å². The normalized spacial score (nSPS) is 11.7. The molecule has 1 aromatic heterocycles. The first-order valence-electron chi connectivity index (χ1n) is 4.00. The first kappa shape index (κ1) is 9.51. The van der Waals surface area contributed by atoms with Crippen LogP contribution in [-0.4, -0.2) is 12.1 Å². The van der Waals surface area contributed by atoms with E-state index < -0.39 is 0 Å². The first-order chi connectivity index (χ1) is 6.13. The molecule has 0 amide bonds. The van der Waals surface area contributed by atoms with Crippen LogP contribution in [0.3, 0.4) is 0 Å². The number of aliphatic imine (C=N–C) groups is 1. The zero-order valence-electron chi connectivity index (χ0n) is 7.79. The fourth-order valence-corrected chi connectivity index (χ4v) is 0.942. The molecule has 0 fully saturated rings. The molecule has 1 heterocycles. The van der Waals surface area contributed by atoms with E-state index in [9.17, 15) is 0 Å². The van der Waals surface area contributed by atoms with Crippen molar-refractivity contribution in [2.45, 2.75) is 20.4 Å². The Morgan fingerprint density at radius 3 is 2.85 bits per heavy atom. The second-order valence-electron chi connectivity index (χ2n) is 2.84. The van der Waals surface area contributed by atoms with Crippen LogP contribution in [-0.2, 0) is 6.54 Å². The summed E-state index contributed by atoms with van der Waals surface area (Å²) in [6.45, 7) is 4.28. The van der Waals surface area contributed by atoms with E-state index in [-0.39, 0.29) is 5.84 Å². The summed E-state index contributed by atoms with van der Waals surface area (Å²) in [5.74, 6) is 1.89. The van der Waals surface area contributed by atoms with Crippen LogP contribution < -0.4 is 5.73 Å². The molecule has 0 aliphatic rings. The third kappa shape index (κ3) is 2.43. The van der Waals surface area contributed by atoms with Crippen molar-refractivity contribution in [3.63, 3.8) is 0 Å². The molecule has 3 N–H and O–H groups in total. The van der Waals surface area contributed by atoms with Gasteiger partial charge in [-0.2, -0.15) is 0 Å². The van der Waals surface area contributed by atoms with Crippen molar-refractivity contribution < 1.29 is 4.42 Å². The molecule has 70 valence electrons. The van der Waals surface area contributed by atoms with Crippen molar-refractivity contribution in [3.05, 3.63) is 23.2 Å². The monoisotopic (exact) mass is 179 g/mol. The van der Waals surface area contributed by atoms with Crippen molar-refractivity contribution in [2.24, 2.45) is 10.7 Å². The number of hydrogen-bond donors (Lipinski definition) is 2. The summed E-state index contributed by atoms with van der Waals surface area (Å²) in [5.41, 5.74) is 6.44. The maximum absolute atomic E-state index is 6.81. The molecule has 0 aromatic carbocycles. The largest absolute Gasteiger partial charge is 0.464 e. The van der Waals surface area contributed by atoms with E-state index >= 15 is 0 Å². The lowest BCUT2D eigenvalue weighted by Crippen LogP contribution is -2.12. The quantitative estimate of drug-likeness (QED) is 0.543. The molecule has 0 radical (unpaired) electrons. The van der Waals surface area contributed by atoms with Gasteiger partial charge in [-0.3, -0.25) is 4.99 Å². The number of rotatable bonds is 3. The van der Waals surface area contributed by atoms with Gasteiger partial charge < -0.3 is 15.6 Å². The molecule has 0 aliphatic heterocycles. The molecule has 1 rings (SSSR count). The average Bonchev–Trinajstić information content (AvgIpc) is 2.42. The molecule has 4 nitrogen and oxygen atoms in total. The maximum Gasteiger partial charge on any atom is 0.136 e. The van der Waals surface area contributed by atoms with Gasteiger partial charge in [0, 0.05) is 0 Å². The van der Waals surface area contributed by atoms with Gasteiger partial charge in [0.05, 0.1) is 12.8 Å². The molecular weight excluding hydrogens is 166 g/mol. The van der Waals surface area contributed by atoms with E-state index in [2.05, 4.69) is 4.99 Å². The van der Waals surface area contributed by atoms with Gasteiger partial charge in [0.2, 0.25) is 0 Å². The summed E-state index contributed by atoms with van der Waals surface area (Å²) >= 11 is 0. The number of nitrogens with one attached hydrogen (secondary N) is 1. The minimum atomic E-state index is 0.215. The van der Waals surface area contributed by atoms with E-state index in [1.807, 2.05) is 19.9 Å². The topological polar surface area (TPSA) is 75.4 Å². The second-order valence-corrected chi connectivity index (χ2v) is 2.84. The Morgan fingerprint density at radius 1 is 1.69 bits per heavy atom. The minimum Gasteiger partial charge on any atom is -0.464 e. The van der Waals surface area contributed by atoms with Crippen molar-refractivity contribution in [2.75, 3.05) is 0 Å². The second kappa shape index (κ2) is 3.89. The molecule has 4 heteroatoms. The van der Waals surface area contributed by atoms with Crippen LogP contribution in [0.25, 0.3) is 0 Å². The van der Waals surface area contributed by atoms with E-state index in [1.54, 1.807) is 0 Å². The van der Waals surface area contributed by atoms with Gasteiger partial charge in [0.1, 0.15) is 17.4 Å². The Bertz CT molecular complexity index is 319. The highest BCUT2D eigenvalue weighted by Gasteiger charge is 2.01. The molecule has 0 unspecified atom stereocenters. The van der Waals surface area contributed by atoms with Crippen LogP contribution in [0.5, 0.6) is 0 Å². The fraction of sp³-hybridized carbons (Fsp3) is 0.333. The summed E-state index contributed by atoms with van der Waals surface area (Å²) in [7, 11) is 0. The zero-order valence-corrected chi connectivity index (χ0v) is 7.79. The standard InChI is InChI=1S/C9H13N3O/c1-6-3-8(13-7(6)2)5-12-9(11)4-10/h3-4,10H,5H2,1-2H3,(H2,11,12). The number of nitrogens with zero attached hydrogens (tertiary/aromatic N) is 1. The van der Waals surface area contributed by atoms with Crippen LogP contribution in [0.15, 0.2) is 15.5 Å². The highest BCUT2D eigenvalue weighted by molar-refractivity contribution is 6.27. The summed E-state index contributed by atoms with van der Waals surface area (Å²) in [6.07, 6.45) is 1.02. The lowest BCUT2D eigenvalue weighted by molar-refractivity contribution is 0.484. The number of furan rings is 1. The maximum atomic E-state index is 6.81. The van der Waals surface area contributed by atoms with Gasteiger partial charge in [-0.15, -0.1) is 0 Å². The van der Waals surface area contributed by atoms with Crippen LogP contribution >= 0.6 is 0 Å². The Labute approximate surface area is 77.0 Å². The van der Waals surface area contributed by atoms with Gasteiger partial charge in [-0.05, 0) is 25.5 Å². The van der Waals surface area contributed by atoms with Gasteiger partial charge in [-0.1, -0.05) is 0 Å². The third-order valence-corrected chi connectivity index (χ3v) is 1.78. The Balaban J connectivity index is 2.70. The van der Waals surface area contributed by atoms with Crippen molar-refractivity contribution >= 4 is 12.1 Å². The molecule has 1 aromatic rings. The molecular formula is C9H13N3O. The van der Waals surface area contributed by atoms with Gasteiger partial charge in [0.25, 0.3) is 0 Å². The molecule has 0 aliphatic carbocycles. The molecule has 0 atom stereocenters. The van der Waals surface area contributed by atoms with E-state index in [0.717, 1.165) is 23.3 Å². The molecule has 0 bridgehead atoms. The Morgan fingerprint density at radius 2 is 2.38 bits per heavy atom. The third-order valence-electron chi connectivity index (χ3n) is 1.78. The smallest absolute Gasteiger partial charge is 0.136 e. The van der Waals surface area contributed by atoms with Gasteiger partial charge in [-0.25, -0.2) is 0 Å². The van der Waals surface area contributed by atoms with Crippen molar-refractivity contribution in [3.8, 4) is 0 Å². The number of nitrogens with two attached hydrogens (primary N) is 1. The summed E-state index contributed by atoms with van der Waals surface area (Å²) in [5, 5.41) is 6.81. The Kier molecular flexibility index (Phi) is 2.84. The number of aryl methyl sites for hydroxylation is 2. The Hall–Kier alpha value is -1.58. The van der Waals surface area contributed by atoms with Crippen LogP contribution in [0.1, 0.15) is 17.1 Å². The van der Waals surface area contributed by atoms with E-state index in [1.165, 1.54) is 0 Å². The predicted molar refractivity (Wildman–Crippen MR) is 52.3 cm³/mol. The lowest BCUT2D eigenvalue weighted by Gasteiger charge is -1.90. The lowest BCUT2D eigenvalue weighted by atomic mass is 10.3. The molecule has 0 saturated carbocycles. The van der Waals surface area contributed by atoms with Gasteiger partial charge in [0.15, 0.2) is 0 Å². The predicted octanol–water partition coefficient (Wildman–Crippen LogP) is 1.40. The summed E-state index contributed by atoms with van der Waals surface area (Å²) in [4.78, 5) is 3.92. The first-order valence-corrected chi connectivity index (χ1v) is 4.00. The zero-order chi connectivity index (χ0) is 9.84. The highest BCUT2D eigenvalue weighted by Crippen LogP contribution is 2.13. The minimum absolute atomic E-state index is 0.215. The summed E-state index contributed by atoms with van der Waals surface area (Å²) in [6, 6.07) is 1.93. The molecule has 13 heavy (non-hydrogen) atoms. The van der Waals surface area contributed by atoms with Crippen LogP contribution in [0.4, 0.5) is 0 Å². The van der Waals surface area contributed by atoms with Crippen LogP contribution in [0, 0.1) is 19.3 Å². The molecule has 0 spiro atoms. The average molecular weight is 179 g/mol.